The Morgan fingerprint density at radius 3 is 2.85 bits per heavy atom. The third-order valence-electron chi connectivity index (χ3n) is 2.35. The summed E-state index contributed by atoms with van der Waals surface area (Å²) in [5, 5.41) is 0. The van der Waals surface area contributed by atoms with Crippen molar-refractivity contribution in [1.82, 2.24) is 4.90 Å². The van der Waals surface area contributed by atoms with E-state index in [-0.39, 0.29) is 0 Å². The summed E-state index contributed by atoms with van der Waals surface area (Å²) in [6.07, 6.45) is 2.78. The van der Waals surface area contributed by atoms with Gasteiger partial charge in [0.15, 0.2) is 0 Å². The molecule has 1 aromatic heterocycles. The molecule has 0 saturated heterocycles. The molecular weight excluding hydrogens is 164 g/mol. The number of furan rings is 1. The summed E-state index contributed by atoms with van der Waals surface area (Å²) in [6.45, 7) is 3.69. The first-order valence-electron chi connectivity index (χ1n) is 4.70. The van der Waals surface area contributed by atoms with Gasteiger partial charge in [-0.05, 0) is 25.6 Å². The summed E-state index contributed by atoms with van der Waals surface area (Å²) in [5.41, 5.74) is 5.64. The highest BCUT2D eigenvalue weighted by molar-refractivity contribution is 4.98. The van der Waals surface area contributed by atoms with Gasteiger partial charge in [0, 0.05) is 12.6 Å². The summed E-state index contributed by atoms with van der Waals surface area (Å²) in [5.74, 6) is 0.995. The maximum Gasteiger partial charge on any atom is 0.117 e. The zero-order valence-corrected chi connectivity index (χ0v) is 8.36. The van der Waals surface area contributed by atoms with E-state index in [2.05, 4.69) is 18.9 Å². The Balaban J connectivity index is 2.44. The summed E-state index contributed by atoms with van der Waals surface area (Å²) < 4.78 is 5.26. The fourth-order valence-corrected chi connectivity index (χ4v) is 1.44. The number of nitrogens with two attached hydrogens (primary N) is 1. The fourth-order valence-electron chi connectivity index (χ4n) is 1.44. The third kappa shape index (κ3) is 2.86. The molecule has 0 aliphatic rings. The topological polar surface area (TPSA) is 42.4 Å². The van der Waals surface area contributed by atoms with E-state index < -0.39 is 0 Å². The maximum atomic E-state index is 5.64. The van der Waals surface area contributed by atoms with Crippen molar-refractivity contribution in [2.24, 2.45) is 5.73 Å². The molecule has 74 valence electrons. The molecule has 3 nitrogen and oxygen atoms in total. The first-order chi connectivity index (χ1) is 6.27. The van der Waals surface area contributed by atoms with Gasteiger partial charge in [-0.25, -0.2) is 0 Å². The van der Waals surface area contributed by atoms with Crippen LogP contribution in [0.25, 0.3) is 0 Å². The van der Waals surface area contributed by atoms with Gasteiger partial charge in [-0.2, -0.15) is 0 Å². The highest BCUT2D eigenvalue weighted by Crippen LogP contribution is 2.07. The minimum absolute atomic E-state index is 0.449. The minimum atomic E-state index is 0.449. The molecule has 3 heteroatoms. The fraction of sp³-hybridized carbons (Fsp3) is 0.600. The molecule has 0 radical (unpaired) electrons. The summed E-state index contributed by atoms with van der Waals surface area (Å²) in [4.78, 5) is 2.22. The van der Waals surface area contributed by atoms with E-state index in [0.717, 1.165) is 18.7 Å². The number of hydrogen-bond acceptors (Lipinski definition) is 3. The van der Waals surface area contributed by atoms with Crippen molar-refractivity contribution in [3.05, 3.63) is 24.2 Å². The predicted octanol–water partition coefficient (Wildman–Crippen LogP) is 1.45. The van der Waals surface area contributed by atoms with Crippen molar-refractivity contribution in [3.63, 3.8) is 0 Å². The highest BCUT2D eigenvalue weighted by Gasteiger charge is 2.11. The zero-order chi connectivity index (χ0) is 9.68. The van der Waals surface area contributed by atoms with Crippen molar-refractivity contribution in [2.45, 2.75) is 25.9 Å². The van der Waals surface area contributed by atoms with Crippen LogP contribution in [0.2, 0.25) is 0 Å². The Bertz CT molecular complexity index is 217. The molecule has 0 fully saturated rings. The molecule has 1 aromatic rings. The highest BCUT2D eigenvalue weighted by atomic mass is 16.3. The first-order valence-corrected chi connectivity index (χ1v) is 4.70. The summed E-state index contributed by atoms with van der Waals surface area (Å²) in [7, 11) is 2.07. The summed E-state index contributed by atoms with van der Waals surface area (Å²) in [6, 6.07) is 4.34. The van der Waals surface area contributed by atoms with Gasteiger partial charge in [-0.1, -0.05) is 6.92 Å². The molecule has 0 saturated carbocycles. The van der Waals surface area contributed by atoms with Gasteiger partial charge in [0.25, 0.3) is 0 Å². The number of likely N-dealkylation sites (N-methyl/N-ethyl adjacent to an activating group) is 1. The van der Waals surface area contributed by atoms with Crippen LogP contribution in [0.5, 0.6) is 0 Å². The van der Waals surface area contributed by atoms with E-state index in [1.807, 2.05) is 12.1 Å². The lowest BCUT2D eigenvalue weighted by Gasteiger charge is -2.24. The largest absolute Gasteiger partial charge is 0.468 e. The van der Waals surface area contributed by atoms with E-state index in [1.165, 1.54) is 0 Å². The van der Waals surface area contributed by atoms with Crippen LogP contribution in [0.15, 0.2) is 22.8 Å². The quantitative estimate of drug-likeness (QED) is 0.749. The second-order valence-electron chi connectivity index (χ2n) is 3.29. The molecule has 13 heavy (non-hydrogen) atoms. The molecule has 1 rings (SSSR count). The molecule has 1 atom stereocenters. The van der Waals surface area contributed by atoms with Crippen molar-refractivity contribution >= 4 is 0 Å². The van der Waals surface area contributed by atoms with E-state index in [9.17, 15) is 0 Å². The smallest absolute Gasteiger partial charge is 0.117 e. The molecular formula is C10H18N2O. The summed E-state index contributed by atoms with van der Waals surface area (Å²) >= 11 is 0. The lowest BCUT2D eigenvalue weighted by molar-refractivity contribution is 0.215. The van der Waals surface area contributed by atoms with E-state index >= 15 is 0 Å². The number of hydrogen-bond donors (Lipinski definition) is 1. The molecule has 0 aliphatic carbocycles. The number of nitrogens with zero attached hydrogens (tertiary/aromatic N) is 1. The minimum Gasteiger partial charge on any atom is -0.468 e. The normalized spacial score (nSPS) is 13.5. The zero-order valence-electron chi connectivity index (χ0n) is 8.36. The molecule has 0 bridgehead atoms. The van der Waals surface area contributed by atoms with Crippen LogP contribution in [-0.4, -0.2) is 24.5 Å². The van der Waals surface area contributed by atoms with Gasteiger partial charge in [-0.15, -0.1) is 0 Å². The van der Waals surface area contributed by atoms with Crippen LogP contribution in [-0.2, 0) is 6.54 Å². The Kier molecular flexibility index (Phi) is 3.99. The Labute approximate surface area is 79.5 Å². The van der Waals surface area contributed by atoms with Gasteiger partial charge in [0.1, 0.15) is 5.76 Å². The van der Waals surface area contributed by atoms with Crippen molar-refractivity contribution in [2.75, 3.05) is 13.6 Å². The molecule has 0 amide bonds. The van der Waals surface area contributed by atoms with Gasteiger partial charge in [0.05, 0.1) is 12.8 Å². The molecule has 2 N–H and O–H groups in total. The molecule has 1 heterocycles. The van der Waals surface area contributed by atoms with Crippen LogP contribution >= 0.6 is 0 Å². The van der Waals surface area contributed by atoms with Crippen LogP contribution in [0.1, 0.15) is 19.1 Å². The average Bonchev–Trinajstić information content (AvgIpc) is 2.59. The Morgan fingerprint density at radius 1 is 1.62 bits per heavy atom. The van der Waals surface area contributed by atoms with Gasteiger partial charge in [-0.3, -0.25) is 4.90 Å². The first kappa shape index (κ1) is 10.3. The third-order valence-corrected chi connectivity index (χ3v) is 2.35. The van der Waals surface area contributed by atoms with Crippen LogP contribution in [0, 0.1) is 0 Å². The van der Waals surface area contributed by atoms with E-state index in [1.54, 1.807) is 6.26 Å². The molecule has 0 aliphatic heterocycles. The second kappa shape index (κ2) is 5.04. The van der Waals surface area contributed by atoms with E-state index in [4.69, 9.17) is 10.2 Å². The van der Waals surface area contributed by atoms with Gasteiger partial charge in [0.2, 0.25) is 0 Å². The Hall–Kier alpha value is -0.800. The molecule has 0 spiro atoms. The van der Waals surface area contributed by atoms with Gasteiger partial charge >= 0.3 is 0 Å². The van der Waals surface area contributed by atoms with Crippen LogP contribution in [0.4, 0.5) is 0 Å². The van der Waals surface area contributed by atoms with Crippen molar-refractivity contribution < 1.29 is 4.42 Å². The van der Waals surface area contributed by atoms with Gasteiger partial charge < -0.3 is 10.2 Å². The van der Waals surface area contributed by atoms with Crippen LogP contribution < -0.4 is 5.73 Å². The average molecular weight is 182 g/mol. The lowest BCUT2D eigenvalue weighted by Crippen LogP contribution is -2.36. The van der Waals surface area contributed by atoms with E-state index in [0.29, 0.717) is 12.6 Å². The molecule has 1 unspecified atom stereocenters. The Morgan fingerprint density at radius 2 is 2.38 bits per heavy atom. The standard InChI is InChI=1S/C10H18N2O/c1-3-9(7-11)12(2)8-10-5-4-6-13-10/h4-6,9H,3,7-8,11H2,1-2H3. The number of rotatable bonds is 5. The predicted molar refractivity (Wildman–Crippen MR) is 53.3 cm³/mol. The lowest BCUT2D eigenvalue weighted by atomic mass is 10.2. The van der Waals surface area contributed by atoms with Crippen molar-refractivity contribution in [3.8, 4) is 0 Å². The SMILES string of the molecule is CCC(CN)N(C)Cc1ccco1. The second-order valence-corrected chi connectivity index (χ2v) is 3.29. The maximum absolute atomic E-state index is 5.64. The monoisotopic (exact) mass is 182 g/mol. The van der Waals surface area contributed by atoms with Crippen molar-refractivity contribution in [1.29, 1.82) is 0 Å². The molecule has 0 aromatic carbocycles. The van der Waals surface area contributed by atoms with Crippen LogP contribution in [0.3, 0.4) is 0 Å².